The van der Waals surface area contributed by atoms with Crippen LogP contribution in [0.1, 0.15) is 23.1 Å². The van der Waals surface area contributed by atoms with Gasteiger partial charge in [-0.05, 0) is 30.5 Å². The summed E-state index contributed by atoms with van der Waals surface area (Å²) >= 11 is 0. The lowest BCUT2D eigenvalue weighted by Crippen LogP contribution is -2.26. The fourth-order valence-corrected chi connectivity index (χ4v) is 2.22. The van der Waals surface area contributed by atoms with Crippen LogP contribution < -0.4 is 5.73 Å². The molecule has 3 nitrogen and oxygen atoms in total. The van der Waals surface area contributed by atoms with E-state index < -0.39 is 0 Å². The first-order chi connectivity index (χ1) is 10.1. The highest BCUT2D eigenvalue weighted by Crippen LogP contribution is 2.14. The van der Waals surface area contributed by atoms with Gasteiger partial charge in [0.1, 0.15) is 0 Å². The van der Waals surface area contributed by atoms with E-state index in [4.69, 9.17) is 5.73 Å². The first kappa shape index (κ1) is 15.1. The normalized spacial score (nSPS) is 10.4. The molecule has 0 saturated heterocycles. The summed E-state index contributed by atoms with van der Waals surface area (Å²) in [6.45, 7) is 2.62. The number of anilines is 1. The van der Waals surface area contributed by atoms with Gasteiger partial charge in [-0.25, -0.2) is 0 Å². The van der Waals surface area contributed by atoms with E-state index in [1.54, 1.807) is 4.90 Å². The molecule has 0 aliphatic rings. The number of hydrogen-bond acceptors (Lipinski definition) is 2. The van der Waals surface area contributed by atoms with Gasteiger partial charge in [0, 0.05) is 25.7 Å². The fraction of sp³-hybridized carbons (Fsp3) is 0.278. The van der Waals surface area contributed by atoms with Crippen LogP contribution in [-0.2, 0) is 17.8 Å². The molecule has 0 unspecified atom stereocenters. The molecule has 0 spiro atoms. The summed E-state index contributed by atoms with van der Waals surface area (Å²) in [6.07, 6.45) is 1.29. The van der Waals surface area contributed by atoms with E-state index in [1.807, 2.05) is 31.3 Å². The van der Waals surface area contributed by atoms with Crippen molar-refractivity contribution in [2.24, 2.45) is 0 Å². The zero-order chi connectivity index (χ0) is 15.2. The van der Waals surface area contributed by atoms with Gasteiger partial charge < -0.3 is 10.6 Å². The number of carbonyl (C=O) groups is 1. The Morgan fingerprint density at radius 1 is 1.10 bits per heavy atom. The molecule has 0 aliphatic heterocycles. The molecule has 110 valence electrons. The van der Waals surface area contributed by atoms with E-state index in [-0.39, 0.29) is 5.91 Å². The van der Waals surface area contributed by atoms with Crippen molar-refractivity contribution in [1.82, 2.24) is 4.90 Å². The lowest BCUT2D eigenvalue weighted by Gasteiger charge is -2.18. The minimum atomic E-state index is 0.138. The minimum absolute atomic E-state index is 0.138. The maximum absolute atomic E-state index is 12.2. The number of nitrogens with zero attached hydrogens (tertiary/aromatic N) is 1. The van der Waals surface area contributed by atoms with Crippen LogP contribution >= 0.6 is 0 Å². The molecule has 2 aromatic rings. The van der Waals surface area contributed by atoms with Crippen molar-refractivity contribution in [3.05, 3.63) is 65.2 Å². The molecule has 0 bridgehead atoms. The Kier molecular flexibility index (Phi) is 4.99. The second-order valence-electron chi connectivity index (χ2n) is 5.43. The van der Waals surface area contributed by atoms with Gasteiger partial charge in [0.15, 0.2) is 0 Å². The molecule has 2 rings (SSSR count). The van der Waals surface area contributed by atoms with E-state index in [1.165, 1.54) is 11.1 Å². The van der Waals surface area contributed by atoms with Gasteiger partial charge in [0.25, 0.3) is 0 Å². The van der Waals surface area contributed by atoms with Crippen molar-refractivity contribution >= 4 is 11.6 Å². The van der Waals surface area contributed by atoms with E-state index in [0.717, 1.165) is 17.7 Å². The number of nitrogens with two attached hydrogens (primary N) is 1. The van der Waals surface area contributed by atoms with Crippen LogP contribution in [0.15, 0.2) is 48.5 Å². The van der Waals surface area contributed by atoms with Gasteiger partial charge in [0.05, 0.1) is 0 Å². The predicted molar refractivity (Wildman–Crippen MR) is 86.8 cm³/mol. The van der Waals surface area contributed by atoms with Crippen LogP contribution in [0.4, 0.5) is 5.69 Å². The van der Waals surface area contributed by atoms with E-state index in [2.05, 4.69) is 31.2 Å². The number of nitrogen functional groups attached to an aromatic ring is 1. The van der Waals surface area contributed by atoms with Crippen LogP contribution in [0, 0.1) is 6.92 Å². The quantitative estimate of drug-likeness (QED) is 0.856. The fourth-order valence-electron chi connectivity index (χ4n) is 2.22. The lowest BCUT2D eigenvalue weighted by molar-refractivity contribution is -0.130. The standard InChI is InChI=1S/C18H22N2O/c1-14-7-9-15(10-8-14)11-12-18(21)20(2)13-16-5-3-4-6-17(16)19/h3-10H,11-13,19H2,1-2H3. The molecule has 0 radical (unpaired) electrons. The second kappa shape index (κ2) is 6.93. The van der Waals surface area contributed by atoms with Crippen molar-refractivity contribution < 1.29 is 4.79 Å². The average molecular weight is 282 g/mol. The Balaban J connectivity index is 1.88. The largest absolute Gasteiger partial charge is 0.398 e. The van der Waals surface area contributed by atoms with Crippen molar-refractivity contribution in [2.75, 3.05) is 12.8 Å². The van der Waals surface area contributed by atoms with E-state index >= 15 is 0 Å². The zero-order valence-corrected chi connectivity index (χ0v) is 12.7. The third kappa shape index (κ3) is 4.35. The van der Waals surface area contributed by atoms with Gasteiger partial charge >= 0.3 is 0 Å². The molecule has 0 atom stereocenters. The van der Waals surface area contributed by atoms with Gasteiger partial charge in [-0.1, -0.05) is 48.0 Å². The van der Waals surface area contributed by atoms with E-state index in [0.29, 0.717) is 13.0 Å². The maximum atomic E-state index is 12.2. The molecule has 0 aliphatic carbocycles. The number of amides is 1. The highest BCUT2D eigenvalue weighted by atomic mass is 16.2. The lowest BCUT2D eigenvalue weighted by atomic mass is 10.1. The summed E-state index contributed by atoms with van der Waals surface area (Å²) in [7, 11) is 1.82. The zero-order valence-electron chi connectivity index (χ0n) is 12.7. The summed E-state index contributed by atoms with van der Waals surface area (Å²) in [4.78, 5) is 13.9. The maximum Gasteiger partial charge on any atom is 0.222 e. The third-order valence-electron chi connectivity index (χ3n) is 3.64. The number of hydrogen-bond donors (Lipinski definition) is 1. The number of rotatable bonds is 5. The molecule has 0 fully saturated rings. The van der Waals surface area contributed by atoms with Crippen LogP contribution in [0.5, 0.6) is 0 Å². The molecule has 0 heterocycles. The van der Waals surface area contributed by atoms with Crippen molar-refractivity contribution in [3.63, 3.8) is 0 Å². The van der Waals surface area contributed by atoms with Crippen molar-refractivity contribution in [2.45, 2.75) is 26.3 Å². The Hall–Kier alpha value is -2.29. The summed E-state index contributed by atoms with van der Waals surface area (Å²) in [5.74, 6) is 0.138. The molecular formula is C18H22N2O. The Labute approximate surface area is 126 Å². The molecule has 2 aromatic carbocycles. The van der Waals surface area contributed by atoms with Gasteiger partial charge in [0.2, 0.25) is 5.91 Å². The van der Waals surface area contributed by atoms with Crippen LogP contribution in [0.25, 0.3) is 0 Å². The van der Waals surface area contributed by atoms with Crippen LogP contribution in [0.3, 0.4) is 0 Å². The molecular weight excluding hydrogens is 260 g/mol. The number of carbonyl (C=O) groups excluding carboxylic acids is 1. The average Bonchev–Trinajstić information content (AvgIpc) is 2.48. The topological polar surface area (TPSA) is 46.3 Å². The van der Waals surface area contributed by atoms with Crippen LogP contribution in [-0.4, -0.2) is 17.9 Å². The summed E-state index contributed by atoms with van der Waals surface area (Å²) in [5.41, 5.74) is 10.1. The second-order valence-corrected chi connectivity index (χ2v) is 5.43. The smallest absolute Gasteiger partial charge is 0.222 e. The molecule has 1 amide bonds. The SMILES string of the molecule is Cc1ccc(CCC(=O)N(C)Cc2ccccc2N)cc1. The molecule has 0 saturated carbocycles. The van der Waals surface area contributed by atoms with Gasteiger partial charge in [-0.3, -0.25) is 4.79 Å². The summed E-state index contributed by atoms with van der Waals surface area (Å²) < 4.78 is 0. The molecule has 3 heteroatoms. The van der Waals surface area contributed by atoms with Gasteiger partial charge in [-0.2, -0.15) is 0 Å². The first-order valence-corrected chi connectivity index (χ1v) is 7.19. The van der Waals surface area contributed by atoms with E-state index in [9.17, 15) is 4.79 Å². The Morgan fingerprint density at radius 2 is 1.76 bits per heavy atom. The number of aryl methyl sites for hydroxylation is 2. The molecule has 0 aromatic heterocycles. The molecule has 21 heavy (non-hydrogen) atoms. The van der Waals surface area contributed by atoms with Crippen molar-refractivity contribution in [3.8, 4) is 0 Å². The highest BCUT2D eigenvalue weighted by Gasteiger charge is 2.10. The van der Waals surface area contributed by atoms with Crippen LogP contribution in [0.2, 0.25) is 0 Å². The minimum Gasteiger partial charge on any atom is -0.398 e. The summed E-state index contributed by atoms with van der Waals surface area (Å²) in [6, 6.07) is 16.0. The summed E-state index contributed by atoms with van der Waals surface area (Å²) in [5, 5.41) is 0. The number of para-hydroxylation sites is 1. The van der Waals surface area contributed by atoms with Gasteiger partial charge in [-0.15, -0.1) is 0 Å². The van der Waals surface area contributed by atoms with Crippen molar-refractivity contribution in [1.29, 1.82) is 0 Å². The third-order valence-corrected chi connectivity index (χ3v) is 3.64. The Bertz CT molecular complexity index is 605. The predicted octanol–water partition coefficient (Wildman–Crippen LogP) is 3.17. The highest BCUT2D eigenvalue weighted by molar-refractivity contribution is 5.76. The first-order valence-electron chi connectivity index (χ1n) is 7.19. The Morgan fingerprint density at radius 3 is 2.43 bits per heavy atom. The monoisotopic (exact) mass is 282 g/mol. The molecule has 2 N–H and O–H groups in total. The number of benzene rings is 2.